The van der Waals surface area contributed by atoms with Crippen LogP contribution in [-0.2, 0) is 22.6 Å². The summed E-state index contributed by atoms with van der Waals surface area (Å²) in [6.45, 7) is -0.643. The highest BCUT2D eigenvalue weighted by molar-refractivity contribution is 5.79. The zero-order chi connectivity index (χ0) is 18.0. The number of hydrogen-bond acceptors (Lipinski definition) is 5. The summed E-state index contributed by atoms with van der Waals surface area (Å²) in [5, 5.41) is 3.65. The van der Waals surface area contributed by atoms with Gasteiger partial charge in [0.1, 0.15) is 18.5 Å². The van der Waals surface area contributed by atoms with Crippen molar-refractivity contribution in [1.82, 2.24) is 15.0 Å². The molecule has 1 atom stereocenters. The Kier molecular flexibility index (Phi) is 4.76. The van der Waals surface area contributed by atoms with Gasteiger partial charge >= 0.3 is 0 Å². The van der Waals surface area contributed by atoms with Crippen LogP contribution >= 0.6 is 0 Å². The number of carbonyl (C=O) groups excluding carboxylic acids is 1. The first-order chi connectivity index (χ1) is 11.9. The molecule has 0 unspecified atom stereocenters. The Labute approximate surface area is 141 Å². The minimum absolute atomic E-state index is 0.0447. The van der Waals surface area contributed by atoms with Gasteiger partial charge in [-0.3, -0.25) is 4.79 Å². The second kappa shape index (κ2) is 6.83. The highest BCUT2D eigenvalue weighted by atomic mass is 19.3. The number of halogens is 3. The topological polar surface area (TPSA) is 68.5 Å². The number of rotatable bonds is 5. The van der Waals surface area contributed by atoms with Gasteiger partial charge in [0.25, 0.3) is 5.92 Å². The van der Waals surface area contributed by atoms with Crippen molar-refractivity contribution >= 4 is 5.91 Å². The number of nitrogens with zero attached hydrogens (tertiary/aromatic N) is 3. The molecule has 0 bridgehead atoms. The average Bonchev–Trinajstić information content (AvgIpc) is 3.14. The van der Waals surface area contributed by atoms with Crippen molar-refractivity contribution in [2.45, 2.75) is 31.4 Å². The molecule has 134 valence electrons. The quantitative estimate of drug-likeness (QED) is 0.824. The van der Waals surface area contributed by atoms with Crippen molar-refractivity contribution in [2.75, 3.05) is 13.7 Å². The molecule has 2 heterocycles. The molecule has 9 heteroatoms. The van der Waals surface area contributed by atoms with E-state index in [1.165, 1.54) is 31.4 Å². The van der Waals surface area contributed by atoms with Gasteiger partial charge in [-0.1, -0.05) is 17.3 Å². The Hall–Kier alpha value is -2.42. The van der Waals surface area contributed by atoms with Crippen LogP contribution < -0.4 is 0 Å². The van der Waals surface area contributed by atoms with E-state index >= 15 is 0 Å². The van der Waals surface area contributed by atoms with Crippen molar-refractivity contribution in [2.24, 2.45) is 0 Å². The first-order valence-electron chi connectivity index (χ1n) is 7.61. The third-order valence-electron chi connectivity index (χ3n) is 3.90. The maximum atomic E-state index is 13.9. The molecule has 1 aliphatic heterocycles. The van der Waals surface area contributed by atoms with Crippen LogP contribution in [0, 0.1) is 5.82 Å². The SMILES string of the molecule is COCc1noc([C@@H]2CC(F)(F)CN2C(=O)Cc2ccc(F)cc2)n1. The summed E-state index contributed by atoms with van der Waals surface area (Å²) >= 11 is 0. The summed E-state index contributed by atoms with van der Waals surface area (Å²) in [6.07, 6.45) is -0.706. The van der Waals surface area contributed by atoms with E-state index in [4.69, 9.17) is 9.26 Å². The van der Waals surface area contributed by atoms with Gasteiger partial charge in [0.2, 0.25) is 11.8 Å². The summed E-state index contributed by atoms with van der Waals surface area (Å²) in [6, 6.07) is 4.32. The van der Waals surface area contributed by atoms with Crippen molar-refractivity contribution in [3.8, 4) is 0 Å². The van der Waals surface area contributed by atoms with E-state index in [-0.39, 0.29) is 24.7 Å². The lowest BCUT2D eigenvalue weighted by Crippen LogP contribution is -2.34. The molecule has 0 saturated carbocycles. The number of amides is 1. The lowest BCUT2D eigenvalue weighted by molar-refractivity contribution is -0.133. The number of alkyl halides is 2. The number of carbonyl (C=O) groups is 1. The lowest BCUT2D eigenvalue weighted by atomic mass is 10.1. The predicted octanol–water partition coefficient (Wildman–Crippen LogP) is 2.51. The van der Waals surface area contributed by atoms with Crippen molar-refractivity contribution in [3.63, 3.8) is 0 Å². The summed E-state index contributed by atoms with van der Waals surface area (Å²) in [7, 11) is 1.44. The maximum Gasteiger partial charge on any atom is 0.267 e. The number of aromatic nitrogens is 2. The third-order valence-corrected chi connectivity index (χ3v) is 3.90. The Morgan fingerprint density at radius 1 is 1.40 bits per heavy atom. The van der Waals surface area contributed by atoms with Crippen LogP contribution in [-0.4, -0.2) is 40.5 Å². The summed E-state index contributed by atoms with van der Waals surface area (Å²) in [5.74, 6) is -3.81. The Morgan fingerprint density at radius 3 is 2.80 bits per heavy atom. The molecule has 2 aromatic rings. The second-order valence-electron chi connectivity index (χ2n) is 5.88. The van der Waals surface area contributed by atoms with E-state index < -0.39 is 36.7 Å². The summed E-state index contributed by atoms with van der Waals surface area (Å²) in [4.78, 5) is 17.5. The van der Waals surface area contributed by atoms with Gasteiger partial charge in [0.15, 0.2) is 5.82 Å². The molecule has 6 nitrogen and oxygen atoms in total. The normalized spacial score (nSPS) is 19.4. The minimum Gasteiger partial charge on any atom is -0.377 e. The van der Waals surface area contributed by atoms with Crippen LogP contribution in [0.2, 0.25) is 0 Å². The smallest absolute Gasteiger partial charge is 0.267 e. The fraction of sp³-hybridized carbons (Fsp3) is 0.438. The molecule has 0 spiro atoms. The highest BCUT2D eigenvalue weighted by Gasteiger charge is 2.49. The van der Waals surface area contributed by atoms with Gasteiger partial charge in [-0.25, -0.2) is 13.2 Å². The van der Waals surface area contributed by atoms with Crippen molar-refractivity contribution < 1.29 is 27.2 Å². The average molecular weight is 355 g/mol. The fourth-order valence-corrected chi connectivity index (χ4v) is 2.77. The molecule has 1 saturated heterocycles. The van der Waals surface area contributed by atoms with Gasteiger partial charge in [-0.15, -0.1) is 0 Å². The fourth-order valence-electron chi connectivity index (χ4n) is 2.77. The van der Waals surface area contributed by atoms with Crippen LogP contribution in [0.5, 0.6) is 0 Å². The van der Waals surface area contributed by atoms with Crippen molar-refractivity contribution in [3.05, 3.63) is 47.4 Å². The van der Waals surface area contributed by atoms with E-state index in [0.717, 1.165) is 4.90 Å². The molecular weight excluding hydrogens is 339 g/mol. The van der Waals surface area contributed by atoms with Crippen LogP contribution in [0.15, 0.2) is 28.8 Å². The maximum absolute atomic E-state index is 13.9. The van der Waals surface area contributed by atoms with Gasteiger partial charge in [0.05, 0.1) is 13.0 Å². The van der Waals surface area contributed by atoms with E-state index in [2.05, 4.69) is 10.1 Å². The Bertz CT molecular complexity index is 749. The predicted molar refractivity (Wildman–Crippen MR) is 79.1 cm³/mol. The number of methoxy groups -OCH3 is 1. The molecule has 1 aromatic carbocycles. The highest BCUT2D eigenvalue weighted by Crippen LogP contribution is 2.40. The molecule has 0 N–H and O–H groups in total. The van der Waals surface area contributed by atoms with Crippen LogP contribution in [0.3, 0.4) is 0 Å². The van der Waals surface area contributed by atoms with Gasteiger partial charge in [-0.05, 0) is 17.7 Å². The minimum atomic E-state index is -3.04. The van der Waals surface area contributed by atoms with Gasteiger partial charge in [-0.2, -0.15) is 4.98 Å². The van der Waals surface area contributed by atoms with Crippen molar-refractivity contribution in [1.29, 1.82) is 0 Å². The van der Waals surface area contributed by atoms with E-state index in [9.17, 15) is 18.0 Å². The Balaban J connectivity index is 1.78. The lowest BCUT2D eigenvalue weighted by Gasteiger charge is -2.21. The monoisotopic (exact) mass is 355 g/mol. The van der Waals surface area contributed by atoms with Crippen LogP contribution in [0.25, 0.3) is 0 Å². The second-order valence-corrected chi connectivity index (χ2v) is 5.88. The molecular formula is C16H16F3N3O3. The molecule has 0 radical (unpaired) electrons. The molecule has 25 heavy (non-hydrogen) atoms. The molecule has 0 aliphatic carbocycles. The van der Waals surface area contributed by atoms with Crippen LogP contribution in [0.4, 0.5) is 13.2 Å². The number of ether oxygens (including phenoxy) is 1. The first kappa shape index (κ1) is 17.4. The van der Waals surface area contributed by atoms with Gasteiger partial charge < -0.3 is 14.2 Å². The first-order valence-corrected chi connectivity index (χ1v) is 7.61. The van der Waals surface area contributed by atoms with Crippen LogP contribution in [0.1, 0.15) is 29.7 Å². The number of benzene rings is 1. The Morgan fingerprint density at radius 2 is 2.12 bits per heavy atom. The molecule has 3 rings (SSSR count). The van der Waals surface area contributed by atoms with Gasteiger partial charge in [0, 0.05) is 13.5 Å². The zero-order valence-corrected chi connectivity index (χ0v) is 13.4. The molecule has 1 aliphatic rings. The zero-order valence-electron chi connectivity index (χ0n) is 13.4. The number of likely N-dealkylation sites (tertiary alicyclic amines) is 1. The van der Waals surface area contributed by atoms with E-state index in [1.807, 2.05) is 0 Å². The standard InChI is InChI=1S/C16H16F3N3O3/c1-24-8-13-20-15(25-21-13)12-7-16(18,19)9-22(12)14(23)6-10-2-4-11(17)5-3-10/h2-5,12H,6-9H2,1H3/t12-/m0/s1. The number of hydrogen-bond donors (Lipinski definition) is 0. The van der Waals surface area contributed by atoms with E-state index in [0.29, 0.717) is 5.56 Å². The third kappa shape index (κ3) is 3.98. The summed E-state index contributed by atoms with van der Waals surface area (Å²) < 4.78 is 50.6. The largest absolute Gasteiger partial charge is 0.377 e. The molecule has 1 amide bonds. The summed E-state index contributed by atoms with van der Waals surface area (Å²) in [5.41, 5.74) is 0.533. The van der Waals surface area contributed by atoms with E-state index in [1.54, 1.807) is 0 Å². The molecule has 1 aromatic heterocycles. The molecule has 1 fully saturated rings.